The topological polar surface area (TPSA) is 16.1 Å². The maximum atomic E-state index is 5.95. The molecule has 0 saturated heterocycles. The average Bonchev–Trinajstić information content (AvgIpc) is 2.11. The third-order valence-electron chi connectivity index (χ3n) is 1.84. The zero-order valence-electron chi connectivity index (χ0n) is 7.72. The van der Waals surface area contributed by atoms with Crippen molar-refractivity contribution in [3.05, 3.63) is 28.0 Å². The number of aromatic nitrogens is 1. The molecule has 0 aliphatic rings. The van der Waals surface area contributed by atoms with Gasteiger partial charge >= 0.3 is 0 Å². The summed E-state index contributed by atoms with van der Waals surface area (Å²) in [5, 5.41) is 1.16. The molecule has 0 radical (unpaired) electrons. The molecule has 72 valence electrons. The first-order valence-electron chi connectivity index (χ1n) is 4.13. The van der Waals surface area contributed by atoms with Crippen LogP contribution in [-0.2, 0) is 6.54 Å². The lowest BCUT2D eigenvalue weighted by Crippen LogP contribution is -2.17. The minimum Gasteiger partial charge on any atom is -0.301 e. The molecule has 0 N–H and O–H groups in total. The Balaban J connectivity index is 2.81. The van der Waals surface area contributed by atoms with Crippen LogP contribution in [0.2, 0.25) is 10.2 Å². The molecule has 13 heavy (non-hydrogen) atoms. The standard InChI is InChI=1S/C9H12Cl2N2/c1-3-13(2)6-8-7(10)4-5-9(11)12-8/h4-5H,3,6H2,1-2H3. The maximum absolute atomic E-state index is 5.95. The van der Waals surface area contributed by atoms with E-state index in [1.54, 1.807) is 12.1 Å². The van der Waals surface area contributed by atoms with Crippen LogP contribution in [0, 0.1) is 0 Å². The summed E-state index contributed by atoms with van der Waals surface area (Å²) in [7, 11) is 2.01. The van der Waals surface area contributed by atoms with E-state index in [0.29, 0.717) is 10.2 Å². The largest absolute Gasteiger partial charge is 0.301 e. The van der Waals surface area contributed by atoms with Gasteiger partial charge in [-0.05, 0) is 25.7 Å². The maximum Gasteiger partial charge on any atom is 0.129 e. The Kier molecular flexibility index (Phi) is 3.97. The minimum atomic E-state index is 0.490. The molecule has 0 bridgehead atoms. The van der Waals surface area contributed by atoms with Crippen molar-refractivity contribution < 1.29 is 0 Å². The number of hydrogen-bond acceptors (Lipinski definition) is 2. The van der Waals surface area contributed by atoms with Gasteiger partial charge in [0.15, 0.2) is 0 Å². The monoisotopic (exact) mass is 218 g/mol. The second kappa shape index (κ2) is 4.80. The van der Waals surface area contributed by atoms with Gasteiger partial charge in [-0.15, -0.1) is 0 Å². The van der Waals surface area contributed by atoms with E-state index in [1.165, 1.54) is 0 Å². The summed E-state index contributed by atoms with van der Waals surface area (Å²) in [5.74, 6) is 0. The van der Waals surface area contributed by atoms with E-state index in [9.17, 15) is 0 Å². The molecule has 0 saturated carbocycles. The Morgan fingerprint density at radius 2 is 2.08 bits per heavy atom. The molecule has 4 heteroatoms. The van der Waals surface area contributed by atoms with Crippen LogP contribution >= 0.6 is 23.2 Å². The highest BCUT2D eigenvalue weighted by molar-refractivity contribution is 6.32. The SMILES string of the molecule is CCN(C)Cc1nc(Cl)ccc1Cl. The summed E-state index contributed by atoms with van der Waals surface area (Å²) in [6.07, 6.45) is 0. The normalized spacial score (nSPS) is 10.8. The first-order valence-corrected chi connectivity index (χ1v) is 4.88. The number of halogens is 2. The van der Waals surface area contributed by atoms with Gasteiger partial charge in [0.1, 0.15) is 5.15 Å². The molecule has 0 unspecified atom stereocenters. The molecule has 1 aromatic rings. The van der Waals surface area contributed by atoms with Crippen LogP contribution in [0.3, 0.4) is 0 Å². The van der Waals surface area contributed by atoms with Crippen LogP contribution in [0.25, 0.3) is 0 Å². The number of pyridine rings is 1. The highest BCUT2D eigenvalue weighted by atomic mass is 35.5. The van der Waals surface area contributed by atoms with Gasteiger partial charge in [0, 0.05) is 6.54 Å². The molecule has 1 aromatic heterocycles. The quantitative estimate of drug-likeness (QED) is 0.726. The Bertz CT molecular complexity index is 289. The molecule has 0 aromatic carbocycles. The Labute approximate surface area is 88.5 Å². The van der Waals surface area contributed by atoms with E-state index in [-0.39, 0.29) is 0 Å². The average molecular weight is 219 g/mol. The van der Waals surface area contributed by atoms with Crippen LogP contribution in [0.4, 0.5) is 0 Å². The minimum absolute atomic E-state index is 0.490. The van der Waals surface area contributed by atoms with Crippen molar-refractivity contribution in [1.82, 2.24) is 9.88 Å². The zero-order valence-corrected chi connectivity index (χ0v) is 9.23. The molecule has 0 amide bonds. The number of nitrogens with zero attached hydrogens (tertiary/aromatic N) is 2. The third-order valence-corrected chi connectivity index (χ3v) is 2.40. The van der Waals surface area contributed by atoms with Gasteiger partial charge in [0.25, 0.3) is 0 Å². The zero-order chi connectivity index (χ0) is 9.84. The molecule has 2 nitrogen and oxygen atoms in total. The lowest BCUT2D eigenvalue weighted by molar-refractivity contribution is 0.341. The van der Waals surface area contributed by atoms with Crippen molar-refractivity contribution in [2.45, 2.75) is 13.5 Å². The van der Waals surface area contributed by atoms with Gasteiger partial charge in [0.05, 0.1) is 10.7 Å². The highest BCUT2D eigenvalue weighted by Gasteiger charge is 2.05. The second-order valence-electron chi connectivity index (χ2n) is 2.89. The fraction of sp³-hybridized carbons (Fsp3) is 0.444. The van der Waals surface area contributed by atoms with Gasteiger partial charge in [-0.2, -0.15) is 0 Å². The molecule has 0 spiro atoms. The number of hydrogen-bond donors (Lipinski definition) is 0. The fourth-order valence-electron chi connectivity index (χ4n) is 0.936. The van der Waals surface area contributed by atoms with Crippen LogP contribution in [-0.4, -0.2) is 23.5 Å². The Morgan fingerprint density at radius 1 is 1.38 bits per heavy atom. The van der Waals surface area contributed by atoms with E-state index < -0.39 is 0 Å². The van der Waals surface area contributed by atoms with Gasteiger partial charge < -0.3 is 4.90 Å². The molecule has 1 heterocycles. The van der Waals surface area contributed by atoms with E-state index in [1.807, 2.05) is 7.05 Å². The van der Waals surface area contributed by atoms with Crippen molar-refractivity contribution in [3.63, 3.8) is 0 Å². The van der Waals surface area contributed by atoms with Crippen molar-refractivity contribution in [1.29, 1.82) is 0 Å². The Hall–Kier alpha value is -0.310. The first-order chi connectivity index (χ1) is 6.13. The van der Waals surface area contributed by atoms with Crippen LogP contribution in [0.1, 0.15) is 12.6 Å². The van der Waals surface area contributed by atoms with E-state index in [4.69, 9.17) is 23.2 Å². The molecule has 1 rings (SSSR count). The van der Waals surface area contributed by atoms with Crippen molar-refractivity contribution in [2.24, 2.45) is 0 Å². The van der Waals surface area contributed by atoms with Crippen molar-refractivity contribution in [3.8, 4) is 0 Å². The third kappa shape index (κ3) is 3.14. The van der Waals surface area contributed by atoms with Gasteiger partial charge in [-0.3, -0.25) is 0 Å². The van der Waals surface area contributed by atoms with Crippen LogP contribution < -0.4 is 0 Å². The molecule has 0 aliphatic carbocycles. The highest BCUT2D eigenvalue weighted by Crippen LogP contribution is 2.17. The summed E-state index contributed by atoms with van der Waals surface area (Å²) >= 11 is 11.7. The summed E-state index contributed by atoms with van der Waals surface area (Å²) in [4.78, 5) is 6.27. The van der Waals surface area contributed by atoms with E-state index in [0.717, 1.165) is 18.8 Å². The van der Waals surface area contributed by atoms with Crippen molar-refractivity contribution in [2.75, 3.05) is 13.6 Å². The molecule has 0 aliphatic heterocycles. The summed E-state index contributed by atoms with van der Waals surface area (Å²) < 4.78 is 0. The smallest absolute Gasteiger partial charge is 0.129 e. The summed E-state index contributed by atoms with van der Waals surface area (Å²) in [6.45, 7) is 3.78. The molecule has 0 atom stereocenters. The molecular formula is C9H12Cl2N2. The van der Waals surface area contributed by atoms with Crippen molar-refractivity contribution >= 4 is 23.2 Å². The fourth-order valence-corrected chi connectivity index (χ4v) is 1.27. The first kappa shape index (κ1) is 10.8. The van der Waals surface area contributed by atoms with Gasteiger partial charge in [-0.1, -0.05) is 30.1 Å². The van der Waals surface area contributed by atoms with Crippen LogP contribution in [0.15, 0.2) is 12.1 Å². The van der Waals surface area contributed by atoms with Gasteiger partial charge in [0.2, 0.25) is 0 Å². The predicted molar refractivity (Wildman–Crippen MR) is 56.3 cm³/mol. The predicted octanol–water partition coefficient (Wildman–Crippen LogP) is 2.84. The number of rotatable bonds is 3. The molecule has 0 fully saturated rings. The lowest BCUT2D eigenvalue weighted by Gasteiger charge is -2.13. The molecular weight excluding hydrogens is 207 g/mol. The second-order valence-corrected chi connectivity index (χ2v) is 3.69. The van der Waals surface area contributed by atoms with Crippen LogP contribution in [0.5, 0.6) is 0 Å². The van der Waals surface area contributed by atoms with Gasteiger partial charge in [-0.25, -0.2) is 4.98 Å². The summed E-state index contributed by atoms with van der Waals surface area (Å²) in [6, 6.07) is 3.47. The van der Waals surface area contributed by atoms with E-state index >= 15 is 0 Å². The van der Waals surface area contributed by atoms with E-state index in [2.05, 4.69) is 16.8 Å². The lowest BCUT2D eigenvalue weighted by atomic mass is 10.3. The summed E-state index contributed by atoms with van der Waals surface area (Å²) in [5.41, 5.74) is 0.832. The Morgan fingerprint density at radius 3 is 2.69 bits per heavy atom.